The second kappa shape index (κ2) is 12.0. The Morgan fingerprint density at radius 3 is 2.56 bits per heavy atom. The van der Waals surface area contributed by atoms with Gasteiger partial charge in [-0.25, -0.2) is 0 Å². The summed E-state index contributed by atoms with van der Waals surface area (Å²) in [6.07, 6.45) is 14.7. The first kappa shape index (κ1) is 26.3. The summed E-state index contributed by atoms with van der Waals surface area (Å²) in [6.45, 7) is 1.71. The number of rotatable bonds is 6. The number of allylic oxidation sites excluding steroid dienone is 1. The molecular weight excluding hydrogens is 626 g/mol. The number of carbonyl (C=O) groups excluding carboxylic acids is 1. The standard InChI is InChI=1S/C27H29BrCl2N4OSe/c28-24-25(27(35)32-33-15-5-2-6-16-33)31-34(22-13-10-19(29)17-21(22)30)26(24)23-14-12-20(36-23)11-9-18-7-3-1-4-8-18/h9-14,17-18H,1-8,15-16H2,(H,32,35)/b11-9+. The Labute approximate surface area is 236 Å². The summed E-state index contributed by atoms with van der Waals surface area (Å²) < 4.78 is 4.93. The Morgan fingerprint density at radius 1 is 1.06 bits per heavy atom. The molecule has 1 amide bonds. The van der Waals surface area contributed by atoms with Crippen LogP contribution in [0, 0.1) is 5.92 Å². The van der Waals surface area contributed by atoms with Crippen molar-refractivity contribution in [3.05, 3.63) is 61.1 Å². The molecule has 0 spiro atoms. The van der Waals surface area contributed by atoms with Crippen LogP contribution < -0.4 is 5.43 Å². The number of piperidine rings is 1. The van der Waals surface area contributed by atoms with Crippen molar-refractivity contribution < 1.29 is 4.79 Å². The summed E-state index contributed by atoms with van der Waals surface area (Å²) >= 11 is 16.6. The van der Waals surface area contributed by atoms with Crippen molar-refractivity contribution in [1.82, 2.24) is 20.2 Å². The summed E-state index contributed by atoms with van der Waals surface area (Å²) in [5.74, 6) is 0.472. The van der Waals surface area contributed by atoms with Crippen molar-refractivity contribution in [1.29, 1.82) is 0 Å². The number of nitrogens with zero attached hydrogens (tertiary/aromatic N) is 3. The second-order valence-electron chi connectivity index (χ2n) is 9.47. The molecule has 36 heavy (non-hydrogen) atoms. The molecule has 1 aliphatic carbocycles. The van der Waals surface area contributed by atoms with Gasteiger partial charge in [0.05, 0.1) is 0 Å². The zero-order valence-electron chi connectivity index (χ0n) is 20.0. The number of hydrazine groups is 1. The average molecular weight is 655 g/mol. The van der Waals surface area contributed by atoms with E-state index < -0.39 is 0 Å². The van der Waals surface area contributed by atoms with Crippen LogP contribution in [0.3, 0.4) is 0 Å². The summed E-state index contributed by atoms with van der Waals surface area (Å²) in [4.78, 5) is 13.3. The van der Waals surface area contributed by atoms with Crippen LogP contribution in [0.15, 0.2) is 40.9 Å². The molecule has 0 unspecified atom stereocenters. The van der Waals surface area contributed by atoms with E-state index in [9.17, 15) is 4.79 Å². The maximum absolute atomic E-state index is 13.3. The Hall–Kier alpha value is -1.34. The van der Waals surface area contributed by atoms with E-state index in [1.807, 2.05) is 11.1 Å². The summed E-state index contributed by atoms with van der Waals surface area (Å²) in [5, 5.41) is 7.78. The van der Waals surface area contributed by atoms with Crippen LogP contribution in [0.4, 0.5) is 0 Å². The number of halogens is 3. The van der Waals surface area contributed by atoms with Gasteiger partial charge in [0.25, 0.3) is 0 Å². The number of benzene rings is 1. The summed E-state index contributed by atoms with van der Waals surface area (Å²) in [6, 6.07) is 9.68. The van der Waals surface area contributed by atoms with Crippen molar-refractivity contribution in [2.24, 2.45) is 5.92 Å². The molecule has 3 aromatic rings. The molecule has 1 saturated carbocycles. The van der Waals surface area contributed by atoms with Crippen LogP contribution in [0.25, 0.3) is 21.9 Å². The van der Waals surface area contributed by atoms with E-state index in [-0.39, 0.29) is 20.4 Å². The van der Waals surface area contributed by atoms with Gasteiger partial charge in [-0.05, 0) is 0 Å². The minimum absolute atomic E-state index is 0.0883. The summed E-state index contributed by atoms with van der Waals surface area (Å²) in [5.41, 5.74) is 4.95. The number of hydrogen-bond donors (Lipinski definition) is 1. The van der Waals surface area contributed by atoms with Crippen molar-refractivity contribution in [2.75, 3.05) is 13.1 Å². The zero-order valence-corrected chi connectivity index (χ0v) is 24.8. The van der Waals surface area contributed by atoms with E-state index in [0.717, 1.165) is 36.1 Å². The fraction of sp³-hybridized carbons (Fsp3) is 0.407. The predicted molar refractivity (Wildman–Crippen MR) is 152 cm³/mol. The van der Waals surface area contributed by atoms with Crippen LogP contribution in [0.5, 0.6) is 0 Å². The van der Waals surface area contributed by atoms with E-state index >= 15 is 0 Å². The Balaban J connectivity index is 1.50. The Morgan fingerprint density at radius 2 is 1.81 bits per heavy atom. The van der Waals surface area contributed by atoms with Crippen molar-refractivity contribution in [2.45, 2.75) is 51.4 Å². The van der Waals surface area contributed by atoms with Crippen LogP contribution in [0.1, 0.15) is 66.3 Å². The molecular formula is C27H29BrCl2N4OSe. The molecule has 5 rings (SSSR count). The molecule has 0 radical (unpaired) electrons. The zero-order chi connectivity index (χ0) is 25.1. The SMILES string of the molecule is O=C(NN1CCCCC1)c1nn(-c2ccc(Cl)cc2Cl)c(-c2ccc(/C=C/C3CCCCC3)[se]2)c1Br. The monoisotopic (exact) mass is 654 g/mol. The molecule has 0 atom stereocenters. The third-order valence-corrected chi connectivity index (χ3v) is 10.3. The Kier molecular flexibility index (Phi) is 8.77. The fourth-order valence-electron chi connectivity index (χ4n) is 4.91. The van der Waals surface area contributed by atoms with Gasteiger partial charge in [-0.1, -0.05) is 0 Å². The number of nitrogens with one attached hydrogen (secondary N) is 1. The van der Waals surface area contributed by atoms with Crippen LogP contribution in [0.2, 0.25) is 10.0 Å². The normalized spacial score (nSPS) is 17.6. The molecule has 1 aliphatic heterocycles. The van der Waals surface area contributed by atoms with E-state index in [1.165, 1.54) is 43.0 Å². The average Bonchev–Trinajstić information content (AvgIpc) is 3.48. The molecule has 2 aromatic heterocycles. The molecule has 5 nitrogen and oxygen atoms in total. The number of carbonyl (C=O) groups is 1. The van der Waals surface area contributed by atoms with Crippen molar-refractivity contribution in [3.8, 4) is 15.8 Å². The van der Waals surface area contributed by atoms with Gasteiger partial charge in [0.15, 0.2) is 0 Å². The van der Waals surface area contributed by atoms with Crippen LogP contribution >= 0.6 is 39.1 Å². The molecule has 1 aromatic carbocycles. The molecule has 9 heteroatoms. The first-order valence-corrected chi connectivity index (χ1v) is 15.8. The van der Waals surface area contributed by atoms with E-state index in [0.29, 0.717) is 31.8 Å². The second-order valence-corrected chi connectivity index (χ2v) is 13.4. The van der Waals surface area contributed by atoms with Gasteiger partial charge in [-0.15, -0.1) is 0 Å². The molecule has 190 valence electrons. The maximum atomic E-state index is 13.3. The fourth-order valence-corrected chi connectivity index (χ4v) is 8.35. The quantitative estimate of drug-likeness (QED) is 0.282. The van der Waals surface area contributed by atoms with Gasteiger partial charge in [0, 0.05) is 0 Å². The van der Waals surface area contributed by atoms with Crippen molar-refractivity contribution >= 4 is 65.6 Å². The van der Waals surface area contributed by atoms with E-state index in [1.54, 1.807) is 16.8 Å². The van der Waals surface area contributed by atoms with Gasteiger partial charge in [-0.3, -0.25) is 0 Å². The molecule has 0 bridgehead atoms. The number of hydrogen-bond acceptors (Lipinski definition) is 3. The van der Waals surface area contributed by atoms with Gasteiger partial charge < -0.3 is 0 Å². The Bertz CT molecular complexity index is 1260. The molecule has 1 N–H and O–H groups in total. The van der Waals surface area contributed by atoms with Gasteiger partial charge in [-0.2, -0.15) is 0 Å². The van der Waals surface area contributed by atoms with E-state index in [4.69, 9.17) is 28.3 Å². The molecule has 2 aliphatic rings. The molecule has 3 heterocycles. The molecule has 2 fully saturated rings. The van der Waals surface area contributed by atoms with Crippen LogP contribution in [-0.4, -0.2) is 48.3 Å². The third kappa shape index (κ3) is 6.03. The first-order chi connectivity index (χ1) is 17.5. The van der Waals surface area contributed by atoms with Gasteiger partial charge in [0.1, 0.15) is 0 Å². The molecule has 1 saturated heterocycles. The van der Waals surface area contributed by atoms with E-state index in [2.05, 4.69) is 45.6 Å². The number of aromatic nitrogens is 2. The number of amides is 1. The third-order valence-electron chi connectivity index (χ3n) is 6.84. The topological polar surface area (TPSA) is 50.2 Å². The first-order valence-electron chi connectivity index (χ1n) is 12.6. The minimum atomic E-state index is -0.217. The van der Waals surface area contributed by atoms with Crippen LogP contribution in [-0.2, 0) is 0 Å². The van der Waals surface area contributed by atoms with Gasteiger partial charge in [0.2, 0.25) is 0 Å². The predicted octanol–water partition coefficient (Wildman–Crippen LogP) is 7.39. The summed E-state index contributed by atoms with van der Waals surface area (Å²) in [7, 11) is 0. The van der Waals surface area contributed by atoms with Crippen molar-refractivity contribution in [3.63, 3.8) is 0 Å². The van der Waals surface area contributed by atoms with Gasteiger partial charge >= 0.3 is 238 Å².